The molecule has 11 nitrogen and oxygen atoms in total. The van der Waals surface area contributed by atoms with Crippen LogP contribution in [0.2, 0.25) is 0 Å². The lowest BCUT2D eigenvalue weighted by molar-refractivity contribution is -0.137. The monoisotopic (exact) mass is 339 g/mol. The molecule has 1 aliphatic rings. The van der Waals surface area contributed by atoms with Gasteiger partial charge in [0.25, 0.3) is 5.56 Å². The summed E-state index contributed by atoms with van der Waals surface area (Å²) >= 11 is 0. The van der Waals surface area contributed by atoms with Gasteiger partial charge in [-0.25, -0.2) is 4.98 Å². The summed E-state index contributed by atoms with van der Waals surface area (Å²) in [6.45, 7) is -0.374. The predicted molar refractivity (Wildman–Crippen MR) is 79.9 cm³/mol. The Morgan fingerprint density at radius 3 is 2.92 bits per heavy atom. The number of nitrogens with two attached hydrogens (primary N) is 1. The van der Waals surface area contributed by atoms with E-state index in [9.17, 15) is 19.8 Å². The van der Waals surface area contributed by atoms with Gasteiger partial charge < -0.3 is 25.8 Å². The van der Waals surface area contributed by atoms with Crippen LogP contribution in [0.25, 0.3) is 11.2 Å². The molecule has 1 fully saturated rings. The molecule has 0 saturated carbocycles. The molecule has 2 aromatic rings. The molecule has 0 aromatic carbocycles. The highest BCUT2D eigenvalue weighted by Gasteiger charge is 2.44. The molecule has 0 unspecified atom stereocenters. The van der Waals surface area contributed by atoms with Crippen molar-refractivity contribution in [2.24, 2.45) is 5.92 Å². The second-order valence-corrected chi connectivity index (χ2v) is 5.61. The van der Waals surface area contributed by atoms with Gasteiger partial charge in [-0.1, -0.05) is 0 Å². The van der Waals surface area contributed by atoms with Gasteiger partial charge in [0.05, 0.1) is 19.0 Å². The number of aromatic amines is 1. The maximum absolute atomic E-state index is 11.8. The van der Waals surface area contributed by atoms with Crippen LogP contribution in [0, 0.1) is 5.92 Å². The fourth-order valence-corrected chi connectivity index (χ4v) is 2.98. The van der Waals surface area contributed by atoms with Crippen LogP contribution >= 0.6 is 0 Å². The van der Waals surface area contributed by atoms with Gasteiger partial charge in [0.2, 0.25) is 5.95 Å². The first-order valence-corrected chi connectivity index (χ1v) is 7.31. The van der Waals surface area contributed by atoms with Crippen LogP contribution in [-0.4, -0.2) is 59.6 Å². The van der Waals surface area contributed by atoms with Crippen molar-refractivity contribution >= 4 is 23.1 Å². The van der Waals surface area contributed by atoms with E-state index in [0.717, 1.165) is 0 Å². The molecule has 6 N–H and O–H groups in total. The number of aromatic nitrogens is 4. The molecule has 1 saturated heterocycles. The van der Waals surface area contributed by atoms with E-state index in [1.165, 1.54) is 10.9 Å². The van der Waals surface area contributed by atoms with Crippen molar-refractivity contribution in [2.75, 3.05) is 12.3 Å². The lowest BCUT2D eigenvalue weighted by Gasteiger charge is -2.18. The third kappa shape index (κ3) is 2.72. The first-order chi connectivity index (χ1) is 11.4. The SMILES string of the molecule is Nc1nc2c(ncn2[C@@H]2O[C@H](CO)[C@@H](CCC(=O)O)[C@H]2O)c(=O)[nH]1. The van der Waals surface area contributed by atoms with Crippen molar-refractivity contribution < 1.29 is 24.9 Å². The molecule has 11 heteroatoms. The van der Waals surface area contributed by atoms with Gasteiger partial charge in [0, 0.05) is 12.3 Å². The Labute approximate surface area is 134 Å². The third-order valence-electron chi connectivity index (χ3n) is 4.12. The maximum atomic E-state index is 11.8. The van der Waals surface area contributed by atoms with Crippen LogP contribution in [0.15, 0.2) is 11.1 Å². The van der Waals surface area contributed by atoms with Crippen molar-refractivity contribution in [3.05, 3.63) is 16.7 Å². The minimum atomic E-state index is -1.10. The zero-order valence-corrected chi connectivity index (χ0v) is 12.5. The van der Waals surface area contributed by atoms with Gasteiger partial charge in [-0.15, -0.1) is 0 Å². The van der Waals surface area contributed by atoms with E-state index in [0.29, 0.717) is 0 Å². The highest BCUT2D eigenvalue weighted by atomic mass is 16.5. The van der Waals surface area contributed by atoms with Gasteiger partial charge in [-0.2, -0.15) is 4.98 Å². The van der Waals surface area contributed by atoms with Crippen molar-refractivity contribution in [3.63, 3.8) is 0 Å². The van der Waals surface area contributed by atoms with Crippen LogP contribution in [0.3, 0.4) is 0 Å². The number of aliphatic hydroxyl groups is 2. The smallest absolute Gasteiger partial charge is 0.303 e. The summed E-state index contributed by atoms with van der Waals surface area (Å²) in [6.07, 6.45) is -1.53. The number of hydrogen-bond acceptors (Lipinski definition) is 8. The lowest BCUT2D eigenvalue weighted by atomic mass is 9.93. The number of hydrogen-bond donors (Lipinski definition) is 5. The van der Waals surface area contributed by atoms with Crippen molar-refractivity contribution in [1.29, 1.82) is 0 Å². The average Bonchev–Trinajstić information content (AvgIpc) is 3.06. The van der Waals surface area contributed by atoms with E-state index in [-0.39, 0.29) is 36.6 Å². The minimum absolute atomic E-state index is 0.0366. The predicted octanol–water partition coefficient (Wildman–Crippen LogP) is -1.57. The number of carbonyl (C=O) groups is 1. The number of carboxylic acids is 1. The molecule has 24 heavy (non-hydrogen) atoms. The number of nitrogens with one attached hydrogen (secondary N) is 1. The molecule has 3 heterocycles. The first-order valence-electron chi connectivity index (χ1n) is 7.31. The number of aliphatic hydroxyl groups excluding tert-OH is 2. The fraction of sp³-hybridized carbons (Fsp3) is 0.538. The van der Waals surface area contributed by atoms with E-state index in [2.05, 4.69) is 15.0 Å². The van der Waals surface area contributed by atoms with Gasteiger partial charge in [-0.05, 0) is 6.42 Å². The number of rotatable bonds is 5. The third-order valence-corrected chi connectivity index (χ3v) is 4.12. The summed E-state index contributed by atoms with van der Waals surface area (Å²) < 4.78 is 6.99. The van der Waals surface area contributed by atoms with Crippen molar-refractivity contribution in [1.82, 2.24) is 19.5 Å². The molecule has 0 amide bonds. The van der Waals surface area contributed by atoms with Crippen LogP contribution in [-0.2, 0) is 9.53 Å². The molecule has 130 valence electrons. The molecule has 0 bridgehead atoms. The Hall–Kier alpha value is -2.50. The van der Waals surface area contributed by atoms with E-state index in [1.54, 1.807) is 0 Å². The standard InChI is InChI=1S/C13H17N5O6/c14-13-16-10-8(11(23)17-13)15-4-18(10)12-9(22)5(1-2-7(20)21)6(3-19)24-12/h4-6,9,12,19,22H,1-3H2,(H,20,21)(H3,14,16,17,23)/t5-,6-,9-,12-/m1/s1. The quantitative estimate of drug-likeness (QED) is 0.430. The van der Waals surface area contributed by atoms with Gasteiger partial charge in [-0.3, -0.25) is 19.1 Å². The maximum Gasteiger partial charge on any atom is 0.303 e. The topological polar surface area (TPSA) is 177 Å². The summed E-state index contributed by atoms with van der Waals surface area (Å²) in [7, 11) is 0. The van der Waals surface area contributed by atoms with E-state index in [4.69, 9.17) is 15.6 Å². The molecule has 1 aliphatic heterocycles. The Balaban J connectivity index is 1.95. The van der Waals surface area contributed by atoms with Crippen molar-refractivity contribution in [3.8, 4) is 0 Å². The highest BCUT2D eigenvalue weighted by molar-refractivity contribution is 5.70. The molecular formula is C13H17N5O6. The Morgan fingerprint density at radius 1 is 1.50 bits per heavy atom. The van der Waals surface area contributed by atoms with E-state index in [1.807, 2.05) is 0 Å². The van der Waals surface area contributed by atoms with Crippen LogP contribution in [0.4, 0.5) is 5.95 Å². The van der Waals surface area contributed by atoms with E-state index >= 15 is 0 Å². The molecule has 0 aliphatic carbocycles. The second kappa shape index (κ2) is 6.19. The summed E-state index contributed by atoms with van der Waals surface area (Å²) in [5.41, 5.74) is 5.18. The number of aliphatic carboxylic acids is 1. The molecule has 2 aromatic heterocycles. The summed E-state index contributed by atoms with van der Waals surface area (Å²) in [4.78, 5) is 32.8. The Morgan fingerprint density at radius 2 is 2.25 bits per heavy atom. The normalized spacial score (nSPS) is 26.9. The number of nitrogen functional groups attached to an aromatic ring is 1. The minimum Gasteiger partial charge on any atom is -0.481 e. The summed E-state index contributed by atoms with van der Waals surface area (Å²) in [6, 6.07) is 0. The number of anilines is 1. The number of H-pyrrole nitrogens is 1. The summed E-state index contributed by atoms with van der Waals surface area (Å²) in [5, 5.41) is 28.8. The van der Waals surface area contributed by atoms with Crippen LogP contribution in [0.5, 0.6) is 0 Å². The summed E-state index contributed by atoms with van der Waals surface area (Å²) in [5.74, 6) is -1.69. The highest BCUT2D eigenvalue weighted by Crippen LogP contribution is 2.37. The fourth-order valence-electron chi connectivity index (χ4n) is 2.98. The lowest BCUT2D eigenvalue weighted by Crippen LogP contribution is -2.28. The number of imidazole rings is 1. The van der Waals surface area contributed by atoms with Gasteiger partial charge >= 0.3 is 5.97 Å². The average molecular weight is 339 g/mol. The van der Waals surface area contributed by atoms with Gasteiger partial charge in [0.1, 0.15) is 6.10 Å². The molecule has 0 radical (unpaired) electrons. The zero-order valence-electron chi connectivity index (χ0n) is 12.5. The van der Waals surface area contributed by atoms with Gasteiger partial charge in [0.15, 0.2) is 17.4 Å². The number of carboxylic acid groups (broad SMARTS) is 1. The van der Waals surface area contributed by atoms with Crippen LogP contribution < -0.4 is 11.3 Å². The van der Waals surface area contributed by atoms with Crippen molar-refractivity contribution in [2.45, 2.75) is 31.3 Å². The molecule has 4 atom stereocenters. The largest absolute Gasteiger partial charge is 0.481 e. The van der Waals surface area contributed by atoms with E-state index < -0.39 is 35.9 Å². The number of fused-ring (bicyclic) bond motifs is 1. The number of nitrogens with zero attached hydrogens (tertiary/aromatic N) is 3. The molecule has 0 spiro atoms. The van der Waals surface area contributed by atoms with Crippen LogP contribution in [0.1, 0.15) is 19.1 Å². The Kier molecular flexibility index (Phi) is 4.22. The Bertz CT molecular complexity index is 817. The second-order valence-electron chi connectivity index (χ2n) is 5.61. The zero-order chi connectivity index (χ0) is 17.4. The molecule has 3 rings (SSSR count). The number of ether oxygens (including phenoxy) is 1. The first kappa shape index (κ1) is 16.4. The molecular weight excluding hydrogens is 322 g/mol.